The molecular formula is C30H29FN4O5. The zero-order chi connectivity index (χ0) is 27.7. The number of amides is 3. The van der Waals surface area contributed by atoms with E-state index in [1.54, 1.807) is 28.0 Å². The zero-order valence-electron chi connectivity index (χ0n) is 21.8. The molecule has 0 aliphatic carbocycles. The number of piperidine rings is 1. The van der Waals surface area contributed by atoms with Crippen molar-refractivity contribution in [3.8, 4) is 11.5 Å². The minimum Gasteiger partial charge on any atom is -0.454 e. The van der Waals surface area contributed by atoms with Crippen LogP contribution in [0.1, 0.15) is 28.8 Å². The Morgan fingerprint density at radius 2 is 1.65 bits per heavy atom. The van der Waals surface area contributed by atoms with Crippen LogP contribution in [-0.4, -0.2) is 66.2 Å². The normalized spacial score (nSPS) is 17.4. The van der Waals surface area contributed by atoms with Crippen LogP contribution in [-0.2, 0) is 16.1 Å². The van der Waals surface area contributed by atoms with E-state index in [2.05, 4.69) is 5.32 Å². The van der Waals surface area contributed by atoms with Gasteiger partial charge in [0.2, 0.25) is 12.7 Å². The molecule has 9 nitrogen and oxygen atoms in total. The molecule has 1 spiro atoms. The van der Waals surface area contributed by atoms with E-state index in [9.17, 15) is 18.8 Å². The van der Waals surface area contributed by atoms with Crippen molar-refractivity contribution in [3.05, 3.63) is 89.7 Å². The van der Waals surface area contributed by atoms with Crippen molar-refractivity contribution in [2.75, 3.05) is 38.0 Å². The second kappa shape index (κ2) is 10.5. The molecular weight excluding hydrogens is 515 g/mol. The number of benzene rings is 3. The van der Waals surface area contributed by atoms with Gasteiger partial charge in [-0.25, -0.2) is 4.39 Å². The molecule has 0 aromatic heterocycles. The summed E-state index contributed by atoms with van der Waals surface area (Å²) in [7, 11) is 0. The van der Waals surface area contributed by atoms with E-state index in [1.807, 2.05) is 47.4 Å². The van der Waals surface area contributed by atoms with Crippen molar-refractivity contribution < 1.29 is 28.2 Å². The van der Waals surface area contributed by atoms with Gasteiger partial charge in [-0.05, 0) is 54.8 Å². The molecule has 0 saturated carbocycles. The van der Waals surface area contributed by atoms with Crippen molar-refractivity contribution in [2.24, 2.45) is 0 Å². The average Bonchev–Trinajstić information content (AvgIpc) is 3.55. The van der Waals surface area contributed by atoms with Crippen LogP contribution in [0.5, 0.6) is 11.5 Å². The number of likely N-dealkylation sites (tertiary alicyclic amines) is 1. The summed E-state index contributed by atoms with van der Waals surface area (Å²) in [5.41, 5.74) is 0.856. The molecule has 0 atom stereocenters. The number of fused-ring (bicyclic) bond motifs is 1. The maximum Gasteiger partial charge on any atom is 0.256 e. The summed E-state index contributed by atoms with van der Waals surface area (Å²) in [6.45, 7) is 1.22. The summed E-state index contributed by atoms with van der Waals surface area (Å²) in [6, 6.07) is 21.0. The summed E-state index contributed by atoms with van der Waals surface area (Å²) < 4.78 is 25.0. The van der Waals surface area contributed by atoms with Crippen LogP contribution < -0.4 is 19.7 Å². The molecule has 40 heavy (non-hydrogen) atoms. The van der Waals surface area contributed by atoms with Gasteiger partial charge in [-0.2, -0.15) is 0 Å². The van der Waals surface area contributed by atoms with Gasteiger partial charge in [0, 0.05) is 25.3 Å². The first-order chi connectivity index (χ1) is 19.4. The molecule has 3 aliphatic heterocycles. The van der Waals surface area contributed by atoms with Crippen LogP contribution in [0.3, 0.4) is 0 Å². The Balaban J connectivity index is 1.15. The second-order valence-corrected chi connectivity index (χ2v) is 10.2. The first kappa shape index (κ1) is 25.7. The Kier molecular flexibility index (Phi) is 6.75. The molecule has 3 aliphatic rings. The first-order valence-electron chi connectivity index (χ1n) is 13.3. The molecule has 6 rings (SSSR count). The molecule has 206 valence electrons. The number of halogens is 1. The fraction of sp³-hybridized carbons (Fsp3) is 0.300. The lowest BCUT2D eigenvalue weighted by Crippen LogP contribution is -2.57. The largest absolute Gasteiger partial charge is 0.454 e. The average molecular weight is 545 g/mol. The molecule has 0 bridgehead atoms. The summed E-state index contributed by atoms with van der Waals surface area (Å²) in [5.74, 6) is -0.0544. The Bertz CT molecular complexity index is 1440. The van der Waals surface area contributed by atoms with Crippen LogP contribution in [0.15, 0.2) is 72.8 Å². The molecule has 3 heterocycles. The number of nitrogens with one attached hydrogen (secondary N) is 1. The van der Waals surface area contributed by atoms with E-state index < -0.39 is 11.4 Å². The Morgan fingerprint density at radius 3 is 2.42 bits per heavy atom. The van der Waals surface area contributed by atoms with Crippen LogP contribution in [0.2, 0.25) is 0 Å². The standard InChI is InChI=1S/C30H29FN4O5/c31-24-9-5-4-8-23(24)28(37)33-14-12-30(13-15-33)29(38)34(19-35(30)22-6-2-1-3-7-22)18-27(36)32-17-21-10-11-25-26(16-21)40-20-39-25/h1-11,16H,12-15,17-20H2,(H,32,36). The highest BCUT2D eigenvalue weighted by Gasteiger charge is 2.54. The highest BCUT2D eigenvalue weighted by Crippen LogP contribution is 2.40. The van der Waals surface area contributed by atoms with Gasteiger partial charge >= 0.3 is 0 Å². The lowest BCUT2D eigenvalue weighted by Gasteiger charge is -2.43. The van der Waals surface area contributed by atoms with Crippen LogP contribution in [0, 0.1) is 5.82 Å². The van der Waals surface area contributed by atoms with Crippen molar-refractivity contribution in [1.29, 1.82) is 0 Å². The van der Waals surface area contributed by atoms with E-state index in [0.717, 1.165) is 11.3 Å². The number of carbonyl (C=O) groups excluding carboxylic acids is 3. The fourth-order valence-corrected chi connectivity index (χ4v) is 5.69. The predicted octanol–water partition coefficient (Wildman–Crippen LogP) is 3.15. The SMILES string of the molecule is O=C(CN1CN(c2ccccc2)C2(CCN(C(=O)c3ccccc3F)CC2)C1=O)NCc1ccc2c(c1)OCO2. The Labute approximate surface area is 231 Å². The molecule has 0 radical (unpaired) electrons. The van der Waals surface area contributed by atoms with Crippen molar-refractivity contribution in [1.82, 2.24) is 15.1 Å². The molecule has 3 aromatic rings. The molecule has 10 heteroatoms. The molecule has 3 aromatic carbocycles. The fourth-order valence-electron chi connectivity index (χ4n) is 5.69. The summed E-state index contributed by atoms with van der Waals surface area (Å²) in [5, 5.41) is 2.89. The monoisotopic (exact) mass is 544 g/mol. The molecule has 0 unspecified atom stereocenters. The van der Waals surface area contributed by atoms with Crippen LogP contribution in [0.4, 0.5) is 10.1 Å². The second-order valence-electron chi connectivity index (χ2n) is 10.2. The van der Waals surface area contributed by atoms with E-state index in [4.69, 9.17) is 9.47 Å². The van der Waals surface area contributed by atoms with Gasteiger partial charge in [0.25, 0.3) is 11.8 Å². The van der Waals surface area contributed by atoms with Gasteiger partial charge in [0.15, 0.2) is 11.5 Å². The van der Waals surface area contributed by atoms with E-state index in [0.29, 0.717) is 37.4 Å². The molecule has 2 fully saturated rings. The van der Waals surface area contributed by atoms with E-state index in [1.165, 1.54) is 12.1 Å². The minimum atomic E-state index is -0.898. The number of anilines is 1. The van der Waals surface area contributed by atoms with Crippen molar-refractivity contribution in [3.63, 3.8) is 0 Å². The van der Waals surface area contributed by atoms with Gasteiger partial charge < -0.3 is 29.5 Å². The summed E-state index contributed by atoms with van der Waals surface area (Å²) >= 11 is 0. The van der Waals surface area contributed by atoms with E-state index >= 15 is 0 Å². The lowest BCUT2D eigenvalue weighted by molar-refractivity contribution is -0.137. The lowest BCUT2D eigenvalue weighted by atomic mass is 9.85. The number of para-hydroxylation sites is 1. The van der Waals surface area contributed by atoms with Crippen molar-refractivity contribution >= 4 is 23.4 Å². The summed E-state index contributed by atoms with van der Waals surface area (Å²) in [6.07, 6.45) is 0.743. The molecule has 2 saturated heterocycles. The number of carbonyl (C=O) groups is 3. The molecule has 1 N–H and O–H groups in total. The Hall–Kier alpha value is -4.60. The quantitative estimate of drug-likeness (QED) is 0.513. The highest BCUT2D eigenvalue weighted by atomic mass is 19.1. The number of hydrogen-bond donors (Lipinski definition) is 1. The smallest absolute Gasteiger partial charge is 0.256 e. The van der Waals surface area contributed by atoms with Gasteiger partial charge in [-0.15, -0.1) is 0 Å². The highest BCUT2D eigenvalue weighted by molar-refractivity contribution is 5.97. The number of nitrogens with zero attached hydrogens (tertiary/aromatic N) is 3. The number of hydrogen-bond acceptors (Lipinski definition) is 6. The van der Waals surface area contributed by atoms with E-state index in [-0.39, 0.29) is 49.8 Å². The van der Waals surface area contributed by atoms with Crippen LogP contribution in [0.25, 0.3) is 0 Å². The zero-order valence-corrected chi connectivity index (χ0v) is 21.8. The number of ether oxygens (including phenoxy) is 2. The summed E-state index contributed by atoms with van der Waals surface area (Å²) in [4.78, 5) is 45.1. The predicted molar refractivity (Wildman–Crippen MR) is 144 cm³/mol. The maximum absolute atomic E-state index is 14.3. The van der Waals surface area contributed by atoms with Gasteiger partial charge in [0.05, 0.1) is 12.2 Å². The third-order valence-electron chi connectivity index (χ3n) is 7.83. The minimum absolute atomic E-state index is 0.0249. The maximum atomic E-state index is 14.3. The van der Waals surface area contributed by atoms with Crippen molar-refractivity contribution in [2.45, 2.75) is 24.9 Å². The van der Waals surface area contributed by atoms with Gasteiger partial charge in [-0.3, -0.25) is 14.4 Å². The van der Waals surface area contributed by atoms with Crippen LogP contribution >= 0.6 is 0 Å². The number of rotatable bonds is 6. The third kappa shape index (κ3) is 4.70. The third-order valence-corrected chi connectivity index (χ3v) is 7.83. The Morgan fingerprint density at radius 1 is 0.925 bits per heavy atom. The van der Waals surface area contributed by atoms with Gasteiger partial charge in [0.1, 0.15) is 17.9 Å². The first-order valence-corrected chi connectivity index (χ1v) is 13.3. The molecule has 3 amide bonds. The topological polar surface area (TPSA) is 91.4 Å². The van der Waals surface area contributed by atoms with Gasteiger partial charge in [-0.1, -0.05) is 36.4 Å².